The number of furan rings is 1. The van der Waals surface area contributed by atoms with Crippen LogP contribution in [0.15, 0.2) is 51.0 Å². The lowest BCUT2D eigenvalue weighted by Crippen LogP contribution is -2.35. The zero-order valence-electron chi connectivity index (χ0n) is 14.1. The molecule has 3 aromatic rings. The van der Waals surface area contributed by atoms with Crippen molar-refractivity contribution in [1.82, 2.24) is 19.9 Å². The van der Waals surface area contributed by atoms with Gasteiger partial charge in [0, 0.05) is 37.5 Å². The largest absolute Gasteiger partial charge is 0.742 e. The van der Waals surface area contributed by atoms with Crippen molar-refractivity contribution in [2.75, 3.05) is 6.54 Å². The molecule has 0 aliphatic carbocycles. The summed E-state index contributed by atoms with van der Waals surface area (Å²) in [6.45, 7) is 1.26. The summed E-state index contributed by atoms with van der Waals surface area (Å²) in [7, 11) is -4.61. The number of nitrogens with zero attached hydrogens (tertiary/aromatic N) is 3. The lowest BCUT2D eigenvalue weighted by atomic mass is 10.1. The summed E-state index contributed by atoms with van der Waals surface area (Å²) < 4.78 is 38.0. The molecule has 10 heteroatoms. The maximum Gasteiger partial charge on any atom is 0.255 e. The summed E-state index contributed by atoms with van der Waals surface area (Å²) in [4.78, 5) is 25.8. The summed E-state index contributed by atoms with van der Waals surface area (Å²) in [5, 5.41) is -0.601. The van der Waals surface area contributed by atoms with Crippen molar-refractivity contribution in [2.24, 2.45) is 0 Å². The molecule has 0 saturated heterocycles. The van der Waals surface area contributed by atoms with E-state index in [1.165, 1.54) is 6.07 Å². The molecule has 0 unspecified atom stereocenters. The highest BCUT2D eigenvalue weighted by Crippen LogP contribution is 2.21. The molecule has 0 amide bonds. The lowest BCUT2D eigenvalue weighted by molar-refractivity contribution is 0.215. The molecule has 0 fully saturated rings. The standard InChI is InChI=1S/C17H16N4O5S/c22-17-13-10-21(9-12-3-4-15(26-12)27(23,24)25)7-5-14(13)19-16(20-17)11-2-1-6-18-8-11/h1-4,6,8H,5,7,9-10H2,(H,19,20,22)(H,23,24,25)/p-1. The third-order valence-electron chi connectivity index (χ3n) is 4.35. The minimum absolute atomic E-state index is 0.217. The zero-order valence-corrected chi connectivity index (χ0v) is 14.9. The van der Waals surface area contributed by atoms with Gasteiger partial charge >= 0.3 is 0 Å². The SMILES string of the molecule is O=c1[nH]c(-c2cccnc2)nc2c1CN(Cc1ccc(S(=O)(=O)[O-])o1)CC2. The third-order valence-corrected chi connectivity index (χ3v) is 5.06. The second kappa shape index (κ2) is 6.72. The van der Waals surface area contributed by atoms with Crippen LogP contribution in [0.3, 0.4) is 0 Å². The summed E-state index contributed by atoms with van der Waals surface area (Å²) in [6.07, 6.45) is 3.86. The van der Waals surface area contributed by atoms with Gasteiger partial charge in [0.2, 0.25) is 5.09 Å². The van der Waals surface area contributed by atoms with E-state index < -0.39 is 15.2 Å². The number of pyridine rings is 1. The van der Waals surface area contributed by atoms with Crippen LogP contribution in [0, 0.1) is 0 Å². The molecule has 27 heavy (non-hydrogen) atoms. The Hall–Kier alpha value is -2.82. The van der Waals surface area contributed by atoms with E-state index in [-0.39, 0.29) is 5.56 Å². The number of aromatic amines is 1. The van der Waals surface area contributed by atoms with Crippen molar-refractivity contribution in [3.8, 4) is 11.4 Å². The Kier molecular flexibility index (Phi) is 4.38. The summed E-state index contributed by atoms with van der Waals surface area (Å²) >= 11 is 0. The number of hydrogen-bond acceptors (Lipinski definition) is 8. The van der Waals surface area contributed by atoms with Crippen molar-refractivity contribution < 1.29 is 17.4 Å². The van der Waals surface area contributed by atoms with Crippen LogP contribution in [0.25, 0.3) is 11.4 Å². The van der Waals surface area contributed by atoms with E-state index >= 15 is 0 Å². The Bertz CT molecular complexity index is 1140. The maximum atomic E-state index is 12.5. The monoisotopic (exact) mass is 387 g/mol. The Labute approximate surface area is 154 Å². The van der Waals surface area contributed by atoms with E-state index in [0.29, 0.717) is 43.2 Å². The Morgan fingerprint density at radius 2 is 2.15 bits per heavy atom. The van der Waals surface area contributed by atoms with E-state index in [9.17, 15) is 17.8 Å². The van der Waals surface area contributed by atoms with Gasteiger partial charge in [-0.2, -0.15) is 0 Å². The van der Waals surface area contributed by atoms with Crippen LogP contribution in [0.5, 0.6) is 0 Å². The highest BCUT2D eigenvalue weighted by Gasteiger charge is 2.22. The molecular weight excluding hydrogens is 372 g/mol. The van der Waals surface area contributed by atoms with Crippen molar-refractivity contribution in [2.45, 2.75) is 24.6 Å². The van der Waals surface area contributed by atoms with E-state index in [4.69, 9.17) is 4.42 Å². The van der Waals surface area contributed by atoms with Gasteiger partial charge in [-0.1, -0.05) is 0 Å². The smallest absolute Gasteiger partial charge is 0.255 e. The number of nitrogens with one attached hydrogen (secondary N) is 1. The Morgan fingerprint density at radius 1 is 1.30 bits per heavy atom. The quantitative estimate of drug-likeness (QED) is 0.653. The molecule has 0 radical (unpaired) electrons. The van der Waals surface area contributed by atoms with Crippen molar-refractivity contribution >= 4 is 10.1 Å². The van der Waals surface area contributed by atoms with Crippen LogP contribution in [0.1, 0.15) is 17.0 Å². The van der Waals surface area contributed by atoms with E-state index in [1.807, 2.05) is 11.0 Å². The molecule has 4 rings (SSSR count). The molecule has 140 valence electrons. The van der Waals surface area contributed by atoms with Gasteiger partial charge < -0.3 is 14.0 Å². The second-order valence-electron chi connectivity index (χ2n) is 6.22. The molecule has 1 N–H and O–H groups in total. The highest BCUT2D eigenvalue weighted by molar-refractivity contribution is 7.85. The first-order valence-electron chi connectivity index (χ1n) is 8.19. The molecule has 0 spiro atoms. The van der Waals surface area contributed by atoms with Gasteiger partial charge in [0.15, 0.2) is 10.1 Å². The van der Waals surface area contributed by atoms with Crippen LogP contribution in [0.2, 0.25) is 0 Å². The van der Waals surface area contributed by atoms with Crippen LogP contribution in [-0.2, 0) is 29.6 Å². The lowest BCUT2D eigenvalue weighted by Gasteiger charge is -2.26. The van der Waals surface area contributed by atoms with Gasteiger partial charge in [0.1, 0.15) is 11.6 Å². The fourth-order valence-electron chi connectivity index (χ4n) is 3.05. The third kappa shape index (κ3) is 3.68. The summed E-state index contributed by atoms with van der Waals surface area (Å²) in [5.74, 6) is 0.834. The predicted molar refractivity (Wildman–Crippen MR) is 92.6 cm³/mol. The normalized spacial score (nSPS) is 14.9. The number of hydrogen-bond donors (Lipinski definition) is 1. The average molecular weight is 387 g/mol. The van der Waals surface area contributed by atoms with Gasteiger partial charge in [-0.3, -0.25) is 14.7 Å². The average Bonchev–Trinajstić information content (AvgIpc) is 3.12. The molecule has 0 aromatic carbocycles. The van der Waals surface area contributed by atoms with Crippen LogP contribution in [-0.4, -0.2) is 39.4 Å². The predicted octanol–water partition coefficient (Wildman–Crippen LogP) is 0.887. The molecule has 0 bridgehead atoms. The second-order valence-corrected chi connectivity index (χ2v) is 7.53. The fourth-order valence-corrected chi connectivity index (χ4v) is 3.50. The number of aromatic nitrogens is 3. The number of fused-ring (bicyclic) bond motifs is 1. The maximum absolute atomic E-state index is 12.5. The van der Waals surface area contributed by atoms with Crippen LogP contribution >= 0.6 is 0 Å². The topological polar surface area (TPSA) is 132 Å². The molecule has 0 saturated carbocycles. The van der Waals surface area contributed by atoms with E-state index in [2.05, 4.69) is 15.0 Å². The number of rotatable bonds is 4. The van der Waals surface area contributed by atoms with Crippen molar-refractivity contribution in [3.05, 3.63) is 64.0 Å². The number of H-pyrrole nitrogens is 1. The first-order chi connectivity index (χ1) is 12.9. The molecule has 1 aliphatic heterocycles. The molecule has 1 aliphatic rings. The summed E-state index contributed by atoms with van der Waals surface area (Å²) in [6, 6.07) is 6.19. The van der Waals surface area contributed by atoms with Gasteiger partial charge in [-0.15, -0.1) is 0 Å². The highest BCUT2D eigenvalue weighted by atomic mass is 32.2. The minimum atomic E-state index is -4.61. The minimum Gasteiger partial charge on any atom is -0.742 e. The van der Waals surface area contributed by atoms with Crippen LogP contribution < -0.4 is 5.56 Å². The fraction of sp³-hybridized carbons (Fsp3) is 0.235. The molecular formula is C17H15N4O5S-. The first kappa shape index (κ1) is 17.6. The van der Waals surface area contributed by atoms with Gasteiger partial charge in [-0.25, -0.2) is 13.4 Å². The van der Waals surface area contributed by atoms with Crippen molar-refractivity contribution in [1.29, 1.82) is 0 Å². The van der Waals surface area contributed by atoms with Gasteiger partial charge in [0.25, 0.3) is 5.56 Å². The van der Waals surface area contributed by atoms with Gasteiger partial charge in [-0.05, 0) is 24.3 Å². The van der Waals surface area contributed by atoms with Gasteiger partial charge in [0.05, 0.1) is 17.8 Å². The van der Waals surface area contributed by atoms with Crippen LogP contribution in [0.4, 0.5) is 0 Å². The molecule has 9 nitrogen and oxygen atoms in total. The summed E-state index contributed by atoms with van der Waals surface area (Å²) in [5.41, 5.74) is 1.82. The Balaban J connectivity index is 1.55. The Morgan fingerprint density at radius 3 is 2.85 bits per heavy atom. The first-order valence-corrected chi connectivity index (χ1v) is 9.60. The zero-order chi connectivity index (χ0) is 19.0. The van der Waals surface area contributed by atoms with E-state index in [1.54, 1.807) is 18.5 Å². The molecule has 3 aromatic heterocycles. The van der Waals surface area contributed by atoms with E-state index in [0.717, 1.165) is 17.3 Å². The molecule has 0 atom stereocenters. The van der Waals surface area contributed by atoms with Crippen molar-refractivity contribution in [3.63, 3.8) is 0 Å². The molecule has 4 heterocycles.